The first kappa shape index (κ1) is 24.7. The fourth-order valence-electron chi connectivity index (χ4n) is 4.43. The minimum Gasteiger partial charge on any atom is -0.454 e. The lowest BCUT2D eigenvalue weighted by Gasteiger charge is -2.19. The van der Waals surface area contributed by atoms with Crippen LogP contribution in [0.4, 0.5) is 4.39 Å². The topological polar surface area (TPSA) is 64.2 Å². The third-order valence-corrected chi connectivity index (χ3v) is 6.16. The van der Waals surface area contributed by atoms with Crippen molar-refractivity contribution in [3.05, 3.63) is 132 Å². The van der Waals surface area contributed by atoms with Crippen molar-refractivity contribution in [2.75, 3.05) is 0 Å². The monoisotopic (exact) mass is 504 g/mol. The third-order valence-electron chi connectivity index (χ3n) is 6.16. The standard InChI is InChI=1S/C32H25FN2O3/c1-3-25(21-10-9-11-24(19-21)37-30-15-8-6-13-27(30)33)32(22-16-17-28-23(18-22)20-34-35-28)26-12-5-7-14-29(26)38-31(36)4-2/h4-20H,2-3H2,1H3,(H,34,35)/b32-25+. The number of hydrogen-bond acceptors (Lipinski definition) is 4. The van der Waals surface area contributed by atoms with E-state index in [0.717, 1.165) is 44.8 Å². The Balaban J connectivity index is 1.71. The van der Waals surface area contributed by atoms with Gasteiger partial charge in [-0.25, -0.2) is 9.18 Å². The Hall–Kier alpha value is -4.97. The van der Waals surface area contributed by atoms with E-state index in [1.807, 2.05) is 48.5 Å². The largest absolute Gasteiger partial charge is 0.454 e. The normalized spacial score (nSPS) is 11.6. The van der Waals surface area contributed by atoms with Gasteiger partial charge in [0, 0.05) is 17.0 Å². The predicted octanol–water partition coefficient (Wildman–Crippen LogP) is 7.95. The molecule has 4 aromatic carbocycles. The summed E-state index contributed by atoms with van der Waals surface area (Å²) in [5.41, 5.74) is 5.38. The maximum Gasteiger partial charge on any atom is 0.335 e. The van der Waals surface area contributed by atoms with Gasteiger partial charge in [-0.15, -0.1) is 0 Å². The molecule has 0 amide bonds. The van der Waals surface area contributed by atoms with E-state index in [9.17, 15) is 9.18 Å². The summed E-state index contributed by atoms with van der Waals surface area (Å²) >= 11 is 0. The van der Waals surface area contributed by atoms with E-state index in [1.54, 1.807) is 36.5 Å². The van der Waals surface area contributed by atoms with E-state index < -0.39 is 11.8 Å². The molecule has 6 heteroatoms. The summed E-state index contributed by atoms with van der Waals surface area (Å²) in [6, 6.07) is 27.3. The summed E-state index contributed by atoms with van der Waals surface area (Å²) in [7, 11) is 0. The molecule has 5 rings (SSSR count). The fraction of sp³-hybridized carbons (Fsp3) is 0.0625. The highest BCUT2D eigenvalue weighted by atomic mass is 19.1. The molecule has 0 unspecified atom stereocenters. The van der Waals surface area contributed by atoms with Crippen LogP contribution in [0.2, 0.25) is 0 Å². The Morgan fingerprint density at radius 1 is 0.947 bits per heavy atom. The highest BCUT2D eigenvalue weighted by Gasteiger charge is 2.19. The lowest BCUT2D eigenvalue weighted by molar-refractivity contribution is -0.128. The first-order valence-electron chi connectivity index (χ1n) is 12.2. The van der Waals surface area contributed by atoms with Crippen LogP contribution in [0.3, 0.4) is 0 Å². The molecule has 188 valence electrons. The smallest absolute Gasteiger partial charge is 0.335 e. The van der Waals surface area contributed by atoms with Gasteiger partial charge in [-0.3, -0.25) is 5.10 Å². The van der Waals surface area contributed by atoms with E-state index in [2.05, 4.69) is 29.8 Å². The second-order valence-corrected chi connectivity index (χ2v) is 8.56. The third kappa shape index (κ3) is 5.11. The number of para-hydroxylation sites is 2. The molecule has 0 fully saturated rings. The number of fused-ring (bicyclic) bond motifs is 1. The molecule has 0 aliphatic rings. The first-order chi connectivity index (χ1) is 18.6. The molecule has 38 heavy (non-hydrogen) atoms. The molecule has 0 spiro atoms. The maximum absolute atomic E-state index is 14.3. The Kier molecular flexibility index (Phi) is 7.13. The van der Waals surface area contributed by atoms with Crippen molar-refractivity contribution in [1.82, 2.24) is 10.2 Å². The fourth-order valence-corrected chi connectivity index (χ4v) is 4.43. The molecular weight excluding hydrogens is 479 g/mol. The van der Waals surface area contributed by atoms with Gasteiger partial charge in [0.2, 0.25) is 0 Å². The molecule has 0 bridgehead atoms. The molecule has 1 aromatic heterocycles. The molecule has 5 aromatic rings. The summed E-state index contributed by atoms with van der Waals surface area (Å²) in [5.74, 6) is 0.106. The zero-order valence-corrected chi connectivity index (χ0v) is 20.8. The van der Waals surface area contributed by atoms with Crippen molar-refractivity contribution < 1.29 is 18.7 Å². The lowest BCUT2D eigenvalue weighted by atomic mass is 9.87. The van der Waals surface area contributed by atoms with Crippen LogP contribution in [0.15, 0.2) is 110 Å². The van der Waals surface area contributed by atoms with E-state index >= 15 is 0 Å². The maximum atomic E-state index is 14.3. The van der Waals surface area contributed by atoms with E-state index in [-0.39, 0.29) is 5.75 Å². The van der Waals surface area contributed by atoms with Gasteiger partial charge in [-0.05, 0) is 71.2 Å². The summed E-state index contributed by atoms with van der Waals surface area (Å²) in [5, 5.41) is 8.09. The number of ether oxygens (including phenoxy) is 2. The Morgan fingerprint density at radius 3 is 2.53 bits per heavy atom. The number of aromatic amines is 1. The van der Waals surface area contributed by atoms with Gasteiger partial charge in [0.25, 0.3) is 0 Å². The number of carbonyl (C=O) groups is 1. The number of nitrogens with one attached hydrogen (secondary N) is 1. The molecule has 0 aliphatic heterocycles. The van der Waals surface area contributed by atoms with Crippen LogP contribution in [0, 0.1) is 5.82 Å². The Morgan fingerprint density at radius 2 is 1.74 bits per heavy atom. The quantitative estimate of drug-likeness (QED) is 0.101. The summed E-state index contributed by atoms with van der Waals surface area (Å²) in [6.07, 6.45) is 3.57. The number of aromatic nitrogens is 2. The minimum atomic E-state index is -0.541. The van der Waals surface area contributed by atoms with Crippen molar-refractivity contribution in [2.24, 2.45) is 0 Å². The molecule has 5 nitrogen and oxygen atoms in total. The van der Waals surface area contributed by atoms with Crippen molar-refractivity contribution in [3.63, 3.8) is 0 Å². The van der Waals surface area contributed by atoms with Crippen LogP contribution in [-0.4, -0.2) is 16.2 Å². The van der Waals surface area contributed by atoms with E-state index in [1.165, 1.54) is 6.07 Å². The number of nitrogens with zero attached hydrogens (tertiary/aromatic N) is 1. The molecule has 0 atom stereocenters. The molecule has 1 N–H and O–H groups in total. The molecule has 0 aliphatic carbocycles. The SMILES string of the molecule is C=CC(=O)Oc1ccccc1/C(=C(\CC)c1cccc(Oc2ccccc2F)c1)c1ccc2[nH]ncc2c1. The van der Waals surface area contributed by atoms with Crippen LogP contribution < -0.4 is 9.47 Å². The second kappa shape index (κ2) is 11.0. The summed E-state index contributed by atoms with van der Waals surface area (Å²) < 4.78 is 25.8. The van der Waals surface area contributed by atoms with Crippen LogP contribution in [0.5, 0.6) is 17.2 Å². The average Bonchev–Trinajstić information content (AvgIpc) is 3.41. The molecule has 0 radical (unpaired) electrons. The van der Waals surface area contributed by atoms with Crippen LogP contribution in [0.25, 0.3) is 22.0 Å². The van der Waals surface area contributed by atoms with E-state index in [4.69, 9.17) is 9.47 Å². The zero-order chi connectivity index (χ0) is 26.5. The van der Waals surface area contributed by atoms with Crippen molar-refractivity contribution in [3.8, 4) is 17.2 Å². The van der Waals surface area contributed by atoms with Crippen LogP contribution >= 0.6 is 0 Å². The van der Waals surface area contributed by atoms with Crippen LogP contribution in [-0.2, 0) is 4.79 Å². The highest BCUT2D eigenvalue weighted by molar-refractivity contribution is 6.02. The summed E-state index contributed by atoms with van der Waals surface area (Å²) in [4.78, 5) is 12.2. The number of esters is 1. The number of rotatable bonds is 8. The van der Waals surface area contributed by atoms with Gasteiger partial charge in [-0.1, -0.05) is 62.0 Å². The Bertz CT molecular complexity index is 1670. The van der Waals surface area contributed by atoms with Gasteiger partial charge in [0.1, 0.15) is 11.5 Å². The van der Waals surface area contributed by atoms with Crippen molar-refractivity contribution in [2.45, 2.75) is 13.3 Å². The Labute approximate surface area is 219 Å². The van der Waals surface area contributed by atoms with Crippen molar-refractivity contribution in [1.29, 1.82) is 0 Å². The first-order valence-corrected chi connectivity index (χ1v) is 12.2. The van der Waals surface area contributed by atoms with Crippen molar-refractivity contribution >= 4 is 28.0 Å². The number of benzene rings is 4. The number of allylic oxidation sites excluding steroid dienone is 1. The molecular formula is C32H25FN2O3. The zero-order valence-electron chi connectivity index (χ0n) is 20.8. The number of halogens is 1. The minimum absolute atomic E-state index is 0.152. The van der Waals surface area contributed by atoms with Crippen LogP contribution in [0.1, 0.15) is 30.0 Å². The number of hydrogen-bond donors (Lipinski definition) is 1. The van der Waals surface area contributed by atoms with Gasteiger partial charge in [0.15, 0.2) is 11.6 Å². The summed E-state index contributed by atoms with van der Waals surface area (Å²) in [6.45, 7) is 5.59. The lowest BCUT2D eigenvalue weighted by Crippen LogP contribution is -2.06. The highest BCUT2D eigenvalue weighted by Crippen LogP contribution is 2.40. The van der Waals surface area contributed by atoms with Gasteiger partial charge >= 0.3 is 5.97 Å². The van der Waals surface area contributed by atoms with E-state index in [0.29, 0.717) is 17.9 Å². The molecule has 1 heterocycles. The molecule has 0 saturated carbocycles. The van der Waals surface area contributed by atoms with Gasteiger partial charge < -0.3 is 9.47 Å². The molecule has 0 saturated heterocycles. The van der Waals surface area contributed by atoms with Gasteiger partial charge in [-0.2, -0.15) is 5.10 Å². The second-order valence-electron chi connectivity index (χ2n) is 8.56. The average molecular weight is 505 g/mol. The van der Waals surface area contributed by atoms with Gasteiger partial charge in [0.05, 0.1) is 11.7 Å². The number of H-pyrrole nitrogens is 1. The predicted molar refractivity (Wildman–Crippen MR) is 147 cm³/mol. The number of carbonyl (C=O) groups excluding carboxylic acids is 1.